The summed E-state index contributed by atoms with van der Waals surface area (Å²) in [6.07, 6.45) is -5.00. The van der Waals surface area contributed by atoms with Crippen LogP contribution in [0.4, 0.5) is 0 Å². The fourth-order valence-electron chi connectivity index (χ4n) is 1.40. The van der Waals surface area contributed by atoms with Crippen LogP contribution in [0.2, 0.25) is 0 Å². The molecule has 0 heterocycles. The average Bonchev–Trinajstić information content (AvgIpc) is 2.34. The van der Waals surface area contributed by atoms with E-state index in [1.165, 1.54) is 0 Å². The van der Waals surface area contributed by atoms with Crippen LogP contribution in [0.15, 0.2) is 0 Å². The zero-order valence-electron chi connectivity index (χ0n) is 13.0. The smallest absolute Gasteiger partial charge is 0.550 e. The summed E-state index contributed by atoms with van der Waals surface area (Å²) in [7, 11) is 0. The van der Waals surface area contributed by atoms with Crippen LogP contribution in [-0.4, -0.2) is 72.6 Å². The van der Waals surface area contributed by atoms with Crippen LogP contribution in [0.5, 0.6) is 0 Å². The van der Waals surface area contributed by atoms with Crippen LogP contribution in [0.25, 0.3) is 0 Å². The maximum Gasteiger partial charge on any atom is 3.00 e. The van der Waals surface area contributed by atoms with Crippen LogP contribution in [0.1, 0.15) is 25.7 Å². The molecule has 0 amide bonds. The number of carbonyl (C=O) groups is 6. The van der Waals surface area contributed by atoms with Gasteiger partial charge < -0.3 is 55.2 Å². The summed E-state index contributed by atoms with van der Waals surface area (Å²) >= 11 is 0. The van der Waals surface area contributed by atoms with E-state index in [1.54, 1.807) is 0 Å². The fraction of sp³-hybridized carbons (Fsp3) is 0.500. The van der Waals surface area contributed by atoms with E-state index in [0.717, 1.165) is 0 Å². The Bertz CT molecular complexity index is 513. The number of carboxylic acid groups (broad SMARTS) is 6. The van der Waals surface area contributed by atoms with Gasteiger partial charge in [0.25, 0.3) is 0 Å². The van der Waals surface area contributed by atoms with Gasteiger partial charge in [-0.2, -0.15) is 0 Å². The predicted octanol–water partition coefficient (Wildman–Crippen LogP) is -6.50. The molecule has 27 heavy (non-hydrogen) atoms. The molecule has 0 radical (unpaired) electrons. The first-order valence-corrected chi connectivity index (χ1v) is 6.28. The first-order chi connectivity index (χ1) is 11.6. The normalized spacial score (nSPS) is 10.4. The van der Waals surface area contributed by atoms with E-state index in [-0.39, 0.29) is 17.1 Å². The number of aliphatic hydroxyl groups is 2. The molecule has 0 bridgehead atoms. The number of hydrogen-bond donors (Lipinski definition) is 5. The zero-order chi connectivity index (χ0) is 21.3. The van der Waals surface area contributed by atoms with E-state index in [1.807, 2.05) is 0 Å². The fourth-order valence-corrected chi connectivity index (χ4v) is 1.40. The van der Waals surface area contributed by atoms with Crippen molar-refractivity contribution in [2.24, 2.45) is 0 Å². The third-order valence-electron chi connectivity index (χ3n) is 2.54. The van der Waals surface area contributed by atoms with Crippen LogP contribution in [0.3, 0.4) is 0 Å². The Labute approximate surface area is 160 Å². The standard InChI is InChI=1S/2C6H8O7.Cu/c2*7-3(8)1-6(13,5(11)12)2-4(9)10;/h2*13H,1-2H2,(H,7,8)(H,9,10)(H,11,12);/q;;+3/p-3. The van der Waals surface area contributed by atoms with E-state index in [4.69, 9.17) is 25.5 Å². The largest absolute Gasteiger partial charge is 3.00 e. The van der Waals surface area contributed by atoms with Gasteiger partial charge in [0.2, 0.25) is 0 Å². The minimum absolute atomic E-state index is 0. The van der Waals surface area contributed by atoms with E-state index in [0.29, 0.717) is 0 Å². The monoisotopic (exact) mass is 444 g/mol. The molecule has 0 aliphatic rings. The molecule has 156 valence electrons. The van der Waals surface area contributed by atoms with Crippen molar-refractivity contribution in [1.29, 1.82) is 0 Å². The Hall–Kier alpha value is -2.74. The molecule has 15 heteroatoms. The molecule has 0 saturated carbocycles. The molecule has 0 aromatic heterocycles. The van der Waals surface area contributed by atoms with Crippen molar-refractivity contribution in [2.45, 2.75) is 36.9 Å². The van der Waals surface area contributed by atoms with Crippen molar-refractivity contribution in [3.8, 4) is 0 Å². The van der Waals surface area contributed by atoms with Crippen LogP contribution < -0.4 is 15.3 Å². The molecule has 0 rings (SSSR count). The number of hydrogen-bond acceptors (Lipinski definition) is 11. The van der Waals surface area contributed by atoms with Crippen molar-refractivity contribution in [2.75, 3.05) is 0 Å². The predicted molar refractivity (Wildman–Crippen MR) is 66.3 cm³/mol. The zero-order valence-corrected chi connectivity index (χ0v) is 14.0. The Balaban J connectivity index is -0.000000411. The SMILES string of the molecule is O=C(O)CC(O)(CC(=O)O)C(=O)O.O=C([O-])CC(O)(CC(=O)[O-])C(=O)[O-].[Cu+3]. The molecule has 14 nitrogen and oxygen atoms in total. The van der Waals surface area contributed by atoms with Crippen molar-refractivity contribution in [1.82, 2.24) is 0 Å². The average molecular weight is 445 g/mol. The van der Waals surface area contributed by atoms with Crippen molar-refractivity contribution in [3.63, 3.8) is 0 Å². The molecular formula is C12H13CuO14. The van der Waals surface area contributed by atoms with Crippen molar-refractivity contribution >= 4 is 35.8 Å². The third kappa shape index (κ3) is 12.3. The summed E-state index contributed by atoms with van der Waals surface area (Å²) in [4.78, 5) is 60.5. The minimum atomic E-state index is -2.97. The Kier molecular flexibility index (Phi) is 12.7. The van der Waals surface area contributed by atoms with Crippen molar-refractivity contribution < 1.29 is 86.7 Å². The van der Waals surface area contributed by atoms with Gasteiger partial charge in [-0.1, -0.05) is 0 Å². The number of rotatable bonds is 10. The van der Waals surface area contributed by atoms with Crippen molar-refractivity contribution in [3.05, 3.63) is 0 Å². The Morgan fingerprint density at radius 2 is 0.926 bits per heavy atom. The van der Waals surface area contributed by atoms with E-state index in [9.17, 15) is 44.1 Å². The molecule has 0 aliphatic heterocycles. The molecule has 0 unspecified atom stereocenters. The van der Waals surface area contributed by atoms with Gasteiger partial charge in [0, 0.05) is 24.8 Å². The molecule has 0 fully saturated rings. The molecular weight excluding hydrogens is 432 g/mol. The first-order valence-electron chi connectivity index (χ1n) is 6.28. The van der Waals surface area contributed by atoms with E-state index >= 15 is 0 Å². The summed E-state index contributed by atoms with van der Waals surface area (Å²) in [6.45, 7) is 0. The van der Waals surface area contributed by atoms with Gasteiger partial charge in [-0.05, 0) is 0 Å². The Morgan fingerprint density at radius 3 is 1.07 bits per heavy atom. The molecule has 0 atom stereocenters. The quantitative estimate of drug-likeness (QED) is 0.196. The molecule has 0 saturated heterocycles. The maximum atomic E-state index is 10.3. The number of aliphatic carboxylic acids is 6. The van der Waals surface area contributed by atoms with Crippen LogP contribution in [0, 0.1) is 0 Å². The van der Waals surface area contributed by atoms with Gasteiger partial charge in [-0.25, -0.2) is 4.79 Å². The van der Waals surface area contributed by atoms with Crippen LogP contribution in [-0.2, 0) is 45.8 Å². The molecule has 5 N–H and O–H groups in total. The van der Waals surface area contributed by atoms with Gasteiger partial charge in [0.05, 0.1) is 18.8 Å². The minimum Gasteiger partial charge on any atom is -0.550 e. The molecule has 0 spiro atoms. The topological polar surface area (TPSA) is 273 Å². The summed E-state index contributed by atoms with van der Waals surface area (Å²) < 4.78 is 0. The second-order valence-electron chi connectivity index (χ2n) is 4.89. The van der Waals surface area contributed by atoms with E-state index < -0.39 is 72.7 Å². The summed E-state index contributed by atoms with van der Waals surface area (Å²) in [5, 5.41) is 72.7. The van der Waals surface area contributed by atoms with Gasteiger partial charge >= 0.3 is 35.0 Å². The number of carboxylic acids is 6. The Morgan fingerprint density at radius 1 is 0.630 bits per heavy atom. The van der Waals surface area contributed by atoms with Gasteiger partial charge in [-0.15, -0.1) is 0 Å². The second kappa shape index (κ2) is 11.8. The van der Waals surface area contributed by atoms with Gasteiger partial charge in [-0.3, -0.25) is 9.59 Å². The van der Waals surface area contributed by atoms with Crippen LogP contribution >= 0.6 is 0 Å². The number of carbonyl (C=O) groups excluding carboxylic acids is 3. The summed E-state index contributed by atoms with van der Waals surface area (Å²) in [5.41, 5.74) is -5.71. The summed E-state index contributed by atoms with van der Waals surface area (Å²) in [6, 6.07) is 0. The molecule has 0 aliphatic carbocycles. The first kappa shape index (κ1) is 29.0. The van der Waals surface area contributed by atoms with Gasteiger partial charge in [0.1, 0.15) is 5.60 Å². The van der Waals surface area contributed by atoms with E-state index in [2.05, 4.69) is 0 Å². The molecule has 0 aromatic carbocycles. The maximum absolute atomic E-state index is 10.3. The summed E-state index contributed by atoms with van der Waals surface area (Å²) in [5.74, 6) is -11.0. The molecule has 0 aromatic rings. The third-order valence-corrected chi connectivity index (χ3v) is 2.54. The van der Waals surface area contributed by atoms with Gasteiger partial charge in [0.15, 0.2) is 5.60 Å². The second-order valence-corrected chi connectivity index (χ2v) is 4.89.